The molecular weight excluding hydrogens is 474 g/mol. The van der Waals surface area contributed by atoms with Crippen LogP contribution in [-0.4, -0.2) is 24.9 Å². The maximum absolute atomic E-state index is 13.0. The SMILES string of the molecule is CCOc1cc(/C=C2\SC(=O)N(c3ccccc3OC)C2=O)ccc1OCc1ccccc1Cl. The van der Waals surface area contributed by atoms with Crippen molar-refractivity contribution in [3.05, 3.63) is 87.8 Å². The lowest BCUT2D eigenvalue weighted by atomic mass is 10.1. The van der Waals surface area contributed by atoms with Crippen molar-refractivity contribution in [2.45, 2.75) is 13.5 Å². The van der Waals surface area contributed by atoms with Gasteiger partial charge >= 0.3 is 0 Å². The summed E-state index contributed by atoms with van der Waals surface area (Å²) < 4.78 is 17.0. The number of halogens is 1. The Morgan fingerprint density at radius 3 is 2.47 bits per heavy atom. The van der Waals surface area contributed by atoms with E-state index in [9.17, 15) is 9.59 Å². The van der Waals surface area contributed by atoms with Crippen LogP contribution in [0.15, 0.2) is 71.6 Å². The topological polar surface area (TPSA) is 65.1 Å². The Bertz CT molecular complexity index is 1260. The van der Waals surface area contributed by atoms with E-state index in [1.807, 2.05) is 37.3 Å². The van der Waals surface area contributed by atoms with Gasteiger partial charge in [-0.1, -0.05) is 48.0 Å². The fourth-order valence-corrected chi connectivity index (χ4v) is 4.44. The summed E-state index contributed by atoms with van der Waals surface area (Å²) in [5.74, 6) is 1.13. The number of carbonyl (C=O) groups is 2. The normalized spacial score (nSPS) is 14.6. The second-order valence-corrected chi connectivity index (χ2v) is 8.61. The van der Waals surface area contributed by atoms with E-state index in [1.54, 1.807) is 42.5 Å². The van der Waals surface area contributed by atoms with Crippen LogP contribution >= 0.6 is 23.4 Å². The number of rotatable bonds is 8. The van der Waals surface area contributed by atoms with E-state index in [0.29, 0.717) is 45.0 Å². The number of anilines is 1. The van der Waals surface area contributed by atoms with Gasteiger partial charge in [-0.3, -0.25) is 9.59 Å². The largest absolute Gasteiger partial charge is 0.495 e. The molecule has 6 nitrogen and oxygen atoms in total. The number of hydrogen-bond acceptors (Lipinski definition) is 6. The van der Waals surface area contributed by atoms with Crippen LogP contribution < -0.4 is 19.1 Å². The Labute approximate surface area is 207 Å². The second-order valence-electron chi connectivity index (χ2n) is 7.21. The molecule has 0 aliphatic carbocycles. The minimum absolute atomic E-state index is 0.289. The molecule has 1 aliphatic rings. The molecule has 1 saturated heterocycles. The molecular formula is C26H22ClNO5S. The van der Waals surface area contributed by atoms with Crippen molar-refractivity contribution in [3.63, 3.8) is 0 Å². The van der Waals surface area contributed by atoms with Crippen LogP contribution in [0.1, 0.15) is 18.1 Å². The summed E-state index contributed by atoms with van der Waals surface area (Å²) in [6.45, 7) is 2.61. The summed E-state index contributed by atoms with van der Waals surface area (Å²) in [5.41, 5.74) is 1.98. The lowest BCUT2D eigenvalue weighted by Crippen LogP contribution is -2.28. The van der Waals surface area contributed by atoms with Crippen LogP contribution in [0.25, 0.3) is 6.08 Å². The third-order valence-electron chi connectivity index (χ3n) is 5.03. The Balaban J connectivity index is 1.57. The molecule has 8 heteroatoms. The van der Waals surface area contributed by atoms with Crippen LogP contribution in [0.4, 0.5) is 10.5 Å². The van der Waals surface area contributed by atoms with Crippen LogP contribution in [-0.2, 0) is 11.4 Å². The van der Waals surface area contributed by atoms with Crippen molar-refractivity contribution >= 4 is 46.3 Å². The highest BCUT2D eigenvalue weighted by molar-refractivity contribution is 8.19. The van der Waals surface area contributed by atoms with Gasteiger partial charge in [-0.15, -0.1) is 0 Å². The van der Waals surface area contributed by atoms with E-state index in [2.05, 4.69) is 0 Å². The first-order valence-corrected chi connectivity index (χ1v) is 11.7. The number of hydrogen-bond donors (Lipinski definition) is 0. The number of amides is 2. The van der Waals surface area contributed by atoms with Crippen molar-refractivity contribution in [1.82, 2.24) is 0 Å². The molecule has 174 valence electrons. The van der Waals surface area contributed by atoms with Crippen molar-refractivity contribution in [2.75, 3.05) is 18.6 Å². The summed E-state index contributed by atoms with van der Waals surface area (Å²) in [6, 6.07) is 19.7. The van der Waals surface area contributed by atoms with Crippen molar-refractivity contribution in [1.29, 1.82) is 0 Å². The fourth-order valence-electron chi connectivity index (χ4n) is 3.41. The maximum atomic E-state index is 13.0. The van der Waals surface area contributed by atoms with Crippen LogP contribution in [0.5, 0.6) is 17.2 Å². The average molecular weight is 496 g/mol. The first-order chi connectivity index (χ1) is 16.5. The molecule has 3 aromatic rings. The number of carbonyl (C=O) groups excluding carboxylic acids is 2. The zero-order valence-electron chi connectivity index (χ0n) is 18.6. The summed E-state index contributed by atoms with van der Waals surface area (Å²) in [6.07, 6.45) is 1.67. The van der Waals surface area contributed by atoms with E-state index >= 15 is 0 Å². The zero-order chi connectivity index (χ0) is 24.1. The number of nitrogens with zero attached hydrogens (tertiary/aromatic N) is 1. The van der Waals surface area contributed by atoms with Gasteiger partial charge in [-0.25, -0.2) is 4.90 Å². The number of para-hydroxylation sites is 2. The highest BCUT2D eigenvalue weighted by atomic mass is 35.5. The Hall–Kier alpha value is -3.42. The number of benzene rings is 3. The molecule has 1 fully saturated rings. The number of ether oxygens (including phenoxy) is 3. The molecule has 0 saturated carbocycles. The predicted molar refractivity (Wildman–Crippen MR) is 135 cm³/mol. The Morgan fingerprint density at radius 1 is 0.941 bits per heavy atom. The molecule has 0 unspecified atom stereocenters. The molecule has 0 radical (unpaired) electrons. The number of methoxy groups -OCH3 is 1. The molecule has 1 aliphatic heterocycles. The molecule has 0 aromatic heterocycles. The van der Waals surface area contributed by atoms with Crippen LogP contribution in [0, 0.1) is 0 Å². The van der Waals surface area contributed by atoms with Crippen LogP contribution in [0.2, 0.25) is 5.02 Å². The van der Waals surface area contributed by atoms with E-state index in [1.165, 1.54) is 7.11 Å². The van der Waals surface area contributed by atoms with Crippen molar-refractivity contribution < 1.29 is 23.8 Å². The molecule has 0 N–H and O–H groups in total. The van der Waals surface area contributed by atoms with Crippen molar-refractivity contribution in [2.24, 2.45) is 0 Å². The summed E-state index contributed by atoms with van der Waals surface area (Å²) >= 11 is 7.10. The Morgan fingerprint density at radius 2 is 1.71 bits per heavy atom. The zero-order valence-corrected chi connectivity index (χ0v) is 20.2. The van der Waals surface area contributed by atoms with E-state index < -0.39 is 5.91 Å². The highest BCUT2D eigenvalue weighted by Gasteiger charge is 2.37. The van der Waals surface area contributed by atoms with Gasteiger partial charge in [0, 0.05) is 10.6 Å². The smallest absolute Gasteiger partial charge is 0.298 e. The average Bonchev–Trinajstić information content (AvgIpc) is 3.12. The van der Waals surface area contributed by atoms with Gasteiger partial charge in [0.2, 0.25) is 0 Å². The van der Waals surface area contributed by atoms with Gasteiger partial charge in [0.05, 0.1) is 24.3 Å². The van der Waals surface area contributed by atoms with Gasteiger partial charge in [0.15, 0.2) is 11.5 Å². The molecule has 3 aromatic carbocycles. The molecule has 4 rings (SSSR count). The maximum Gasteiger partial charge on any atom is 0.298 e. The predicted octanol–water partition coefficient (Wildman–Crippen LogP) is 6.57. The van der Waals surface area contributed by atoms with Crippen LogP contribution in [0.3, 0.4) is 0 Å². The van der Waals surface area contributed by atoms with Gasteiger partial charge in [0.25, 0.3) is 11.1 Å². The standard InChI is InChI=1S/C26H22ClNO5S/c1-3-32-23-14-17(12-13-22(23)33-16-18-8-4-5-9-19(18)27)15-24-25(29)28(26(30)34-24)20-10-6-7-11-21(20)31-2/h4-15H,3,16H2,1-2H3/b24-15-. The summed E-state index contributed by atoms with van der Waals surface area (Å²) in [4.78, 5) is 27.1. The third-order valence-corrected chi connectivity index (χ3v) is 6.26. The molecule has 2 amide bonds. The molecule has 0 spiro atoms. The number of imide groups is 1. The molecule has 0 bridgehead atoms. The van der Waals surface area contributed by atoms with Gasteiger partial charge in [-0.2, -0.15) is 0 Å². The van der Waals surface area contributed by atoms with E-state index in [0.717, 1.165) is 22.2 Å². The van der Waals surface area contributed by atoms with Crippen molar-refractivity contribution in [3.8, 4) is 17.2 Å². The monoisotopic (exact) mass is 495 g/mol. The minimum atomic E-state index is -0.406. The number of thioether (sulfide) groups is 1. The van der Waals surface area contributed by atoms with E-state index in [-0.39, 0.29) is 11.8 Å². The summed E-state index contributed by atoms with van der Waals surface area (Å²) in [5, 5.41) is 0.244. The third kappa shape index (κ3) is 5.05. The first-order valence-electron chi connectivity index (χ1n) is 10.6. The molecule has 1 heterocycles. The second kappa shape index (κ2) is 10.7. The quantitative estimate of drug-likeness (QED) is 0.329. The highest BCUT2D eigenvalue weighted by Crippen LogP contribution is 2.40. The van der Waals surface area contributed by atoms with Gasteiger partial charge < -0.3 is 14.2 Å². The summed E-state index contributed by atoms with van der Waals surface area (Å²) in [7, 11) is 1.50. The van der Waals surface area contributed by atoms with Gasteiger partial charge in [0.1, 0.15) is 12.4 Å². The van der Waals surface area contributed by atoms with E-state index in [4.69, 9.17) is 25.8 Å². The first kappa shape index (κ1) is 23.7. The van der Waals surface area contributed by atoms with Gasteiger partial charge in [-0.05, 0) is 60.7 Å². The molecule has 0 atom stereocenters. The molecule has 34 heavy (non-hydrogen) atoms. The Kier molecular flexibility index (Phi) is 7.45. The lowest BCUT2D eigenvalue weighted by Gasteiger charge is -2.15. The lowest BCUT2D eigenvalue weighted by molar-refractivity contribution is -0.113. The minimum Gasteiger partial charge on any atom is -0.495 e. The fraction of sp³-hybridized carbons (Fsp3) is 0.154.